The Labute approximate surface area is 161 Å². The highest BCUT2D eigenvalue weighted by molar-refractivity contribution is 6.03. The molecular weight excluding hydrogens is 340 g/mol. The van der Waals surface area contributed by atoms with Gasteiger partial charge in [-0.05, 0) is 17.5 Å². The molecule has 0 aliphatic carbocycles. The predicted octanol–water partition coefficient (Wildman–Crippen LogP) is 2.95. The molecule has 27 heavy (non-hydrogen) atoms. The van der Waals surface area contributed by atoms with Crippen molar-refractivity contribution >= 4 is 5.78 Å². The van der Waals surface area contributed by atoms with E-state index in [0.717, 1.165) is 29.5 Å². The van der Waals surface area contributed by atoms with Crippen molar-refractivity contribution in [2.45, 2.75) is 24.7 Å². The van der Waals surface area contributed by atoms with Gasteiger partial charge in [0.15, 0.2) is 11.6 Å². The Morgan fingerprint density at radius 3 is 2.44 bits per heavy atom. The number of carbonyl (C=O) groups excluding carboxylic acids is 1. The molecule has 2 aromatic rings. The molecule has 3 rings (SSSR count). The van der Waals surface area contributed by atoms with Gasteiger partial charge < -0.3 is 15.2 Å². The van der Waals surface area contributed by atoms with Crippen LogP contribution >= 0.6 is 0 Å². The van der Waals surface area contributed by atoms with E-state index in [0.29, 0.717) is 19.6 Å². The third-order valence-corrected chi connectivity index (χ3v) is 5.49. The number of ether oxygens (including phenoxy) is 2. The highest BCUT2D eigenvalue weighted by atomic mass is 16.7. The van der Waals surface area contributed by atoms with Gasteiger partial charge in [-0.2, -0.15) is 0 Å². The molecule has 1 saturated heterocycles. The van der Waals surface area contributed by atoms with Gasteiger partial charge in [-0.15, -0.1) is 0 Å². The van der Waals surface area contributed by atoms with Crippen molar-refractivity contribution in [2.24, 2.45) is 5.73 Å². The molecule has 2 N–H and O–H groups in total. The fraction of sp³-hybridized carbons (Fsp3) is 0.409. The lowest BCUT2D eigenvalue weighted by Gasteiger charge is -2.44. The van der Waals surface area contributed by atoms with E-state index in [-0.39, 0.29) is 11.8 Å². The molecule has 0 spiro atoms. The summed E-state index contributed by atoms with van der Waals surface area (Å²) in [5, 5.41) is 0. The topological polar surface area (TPSA) is 64.8 Å². The number of ketones is 1. The zero-order valence-electron chi connectivity index (χ0n) is 16.1. The first-order valence-corrected chi connectivity index (χ1v) is 9.34. The van der Waals surface area contributed by atoms with Crippen LogP contribution in [0.4, 0.5) is 0 Å². The van der Waals surface area contributed by atoms with Crippen molar-refractivity contribution in [1.82, 2.24) is 4.90 Å². The third-order valence-electron chi connectivity index (χ3n) is 5.49. The smallest absolute Gasteiger partial charge is 0.180 e. The highest BCUT2D eigenvalue weighted by Gasteiger charge is 2.40. The average molecular weight is 368 g/mol. The van der Waals surface area contributed by atoms with Gasteiger partial charge in [-0.25, -0.2) is 0 Å². The van der Waals surface area contributed by atoms with Crippen LogP contribution in [0.15, 0.2) is 54.6 Å². The van der Waals surface area contributed by atoms with Crippen LogP contribution in [-0.2, 0) is 9.47 Å². The van der Waals surface area contributed by atoms with Gasteiger partial charge in [0.05, 0.1) is 13.1 Å². The number of rotatable bonds is 7. The molecule has 0 radical (unpaired) electrons. The summed E-state index contributed by atoms with van der Waals surface area (Å²) in [5.74, 6) is -0.596. The van der Waals surface area contributed by atoms with Gasteiger partial charge in [0.2, 0.25) is 0 Å². The van der Waals surface area contributed by atoms with Crippen LogP contribution in [0.5, 0.6) is 0 Å². The van der Waals surface area contributed by atoms with Crippen LogP contribution < -0.4 is 5.73 Å². The highest BCUT2D eigenvalue weighted by Crippen LogP contribution is 2.30. The average Bonchev–Trinajstić information content (AvgIpc) is 2.74. The second-order valence-corrected chi connectivity index (χ2v) is 6.99. The normalized spacial score (nSPS) is 19.7. The summed E-state index contributed by atoms with van der Waals surface area (Å²) in [6, 6.07) is 17.9. The SMILES string of the molecule is COC1(OC)CCC(CN)N(CC(=O)c2ccccc2-c2ccccc2)C1. The molecule has 5 heteroatoms. The molecule has 1 heterocycles. The molecule has 0 aromatic heterocycles. The first kappa shape index (κ1) is 19.7. The minimum atomic E-state index is -0.676. The monoisotopic (exact) mass is 368 g/mol. The molecule has 144 valence electrons. The first-order chi connectivity index (χ1) is 13.1. The van der Waals surface area contributed by atoms with Crippen LogP contribution in [0.2, 0.25) is 0 Å². The lowest BCUT2D eigenvalue weighted by atomic mass is 9.94. The van der Waals surface area contributed by atoms with Gasteiger partial charge in [0.1, 0.15) is 0 Å². The summed E-state index contributed by atoms with van der Waals surface area (Å²) in [4.78, 5) is 15.3. The Bertz CT molecular complexity index is 759. The number of hydrogen-bond acceptors (Lipinski definition) is 5. The standard InChI is InChI=1S/C22H28N2O3/c1-26-22(27-2)13-12-18(14-23)24(16-22)15-21(25)20-11-7-6-10-19(20)17-8-4-3-5-9-17/h3-11,18H,12-16,23H2,1-2H3. The molecule has 5 nitrogen and oxygen atoms in total. The summed E-state index contributed by atoms with van der Waals surface area (Å²) in [5.41, 5.74) is 8.69. The maximum atomic E-state index is 13.2. The maximum absolute atomic E-state index is 13.2. The molecule has 0 saturated carbocycles. The molecule has 1 fully saturated rings. The minimum absolute atomic E-state index is 0.0795. The molecule has 0 amide bonds. The maximum Gasteiger partial charge on any atom is 0.180 e. The molecule has 1 aliphatic rings. The van der Waals surface area contributed by atoms with Crippen molar-refractivity contribution in [3.05, 3.63) is 60.2 Å². The lowest BCUT2D eigenvalue weighted by molar-refractivity contribution is -0.237. The molecule has 2 aromatic carbocycles. The number of Topliss-reactive ketones (excluding diaryl/α,β-unsaturated/α-hetero) is 1. The Kier molecular flexibility index (Phi) is 6.39. The van der Waals surface area contributed by atoms with Gasteiger partial charge in [-0.1, -0.05) is 54.6 Å². The summed E-state index contributed by atoms with van der Waals surface area (Å²) >= 11 is 0. The Hall–Kier alpha value is -2.05. The van der Waals surface area contributed by atoms with Crippen LogP contribution in [0.25, 0.3) is 11.1 Å². The first-order valence-electron chi connectivity index (χ1n) is 9.34. The van der Waals surface area contributed by atoms with Crippen LogP contribution in [-0.4, -0.2) is 56.4 Å². The van der Waals surface area contributed by atoms with Crippen molar-refractivity contribution in [3.8, 4) is 11.1 Å². The van der Waals surface area contributed by atoms with E-state index in [4.69, 9.17) is 15.2 Å². The summed E-state index contributed by atoms with van der Waals surface area (Å²) < 4.78 is 11.2. The van der Waals surface area contributed by atoms with Crippen LogP contribution in [0.1, 0.15) is 23.2 Å². The third kappa shape index (κ3) is 4.28. The van der Waals surface area contributed by atoms with E-state index in [1.54, 1.807) is 14.2 Å². The molecule has 1 aliphatic heterocycles. The number of nitrogens with zero attached hydrogens (tertiary/aromatic N) is 1. The van der Waals surface area contributed by atoms with E-state index in [9.17, 15) is 4.79 Å². The van der Waals surface area contributed by atoms with Gasteiger partial charge in [0.25, 0.3) is 0 Å². The summed E-state index contributed by atoms with van der Waals surface area (Å²) in [6.45, 7) is 1.33. The second kappa shape index (κ2) is 8.76. The predicted molar refractivity (Wildman–Crippen MR) is 107 cm³/mol. The van der Waals surface area contributed by atoms with E-state index in [2.05, 4.69) is 4.90 Å². The van der Waals surface area contributed by atoms with E-state index < -0.39 is 5.79 Å². The summed E-state index contributed by atoms with van der Waals surface area (Å²) in [7, 11) is 3.30. The van der Waals surface area contributed by atoms with E-state index >= 15 is 0 Å². The molecule has 1 atom stereocenters. The van der Waals surface area contributed by atoms with E-state index in [1.807, 2.05) is 54.6 Å². The quantitative estimate of drug-likeness (QED) is 0.601. The Morgan fingerprint density at radius 2 is 1.78 bits per heavy atom. The fourth-order valence-electron chi connectivity index (χ4n) is 3.82. The number of methoxy groups -OCH3 is 2. The summed E-state index contributed by atoms with van der Waals surface area (Å²) in [6.07, 6.45) is 1.61. The molecular formula is C22H28N2O3. The number of carbonyl (C=O) groups is 1. The lowest BCUT2D eigenvalue weighted by Crippen LogP contribution is -2.57. The number of benzene rings is 2. The van der Waals surface area contributed by atoms with Crippen molar-refractivity contribution in [1.29, 1.82) is 0 Å². The number of piperidine rings is 1. The van der Waals surface area contributed by atoms with Crippen molar-refractivity contribution in [2.75, 3.05) is 33.9 Å². The van der Waals surface area contributed by atoms with Gasteiger partial charge >= 0.3 is 0 Å². The van der Waals surface area contributed by atoms with Crippen LogP contribution in [0, 0.1) is 0 Å². The zero-order valence-corrected chi connectivity index (χ0v) is 16.1. The largest absolute Gasteiger partial charge is 0.352 e. The van der Waals surface area contributed by atoms with Gasteiger partial charge in [-0.3, -0.25) is 9.69 Å². The molecule has 0 bridgehead atoms. The molecule has 1 unspecified atom stereocenters. The Morgan fingerprint density at radius 1 is 1.11 bits per heavy atom. The number of nitrogens with two attached hydrogens (primary N) is 1. The zero-order chi connectivity index (χ0) is 19.3. The van der Waals surface area contributed by atoms with Crippen molar-refractivity contribution in [3.63, 3.8) is 0 Å². The second-order valence-electron chi connectivity index (χ2n) is 6.99. The van der Waals surface area contributed by atoms with Crippen molar-refractivity contribution < 1.29 is 14.3 Å². The number of hydrogen-bond donors (Lipinski definition) is 1. The minimum Gasteiger partial charge on any atom is -0.352 e. The van der Waals surface area contributed by atoms with Gasteiger partial charge in [0, 0.05) is 38.8 Å². The fourth-order valence-corrected chi connectivity index (χ4v) is 3.82. The van der Waals surface area contributed by atoms with Crippen LogP contribution in [0.3, 0.4) is 0 Å². The number of likely N-dealkylation sites (tertiary alicyclic amines) is 1. The van der Waals surface area contributed by atoms with E-state index in [1.165, 1.54) is 0 Å². The Balaban J connectivity index is 1.84.